The molecule has 0 radical (unpaired) electrons. The molecular formula is C20H23NO2. The van der Waals surface area contributed by atoms with Crippen LogP contribution in [0.25, 0.3) is 0 Å². The second kappa shape index (κ2) is 8.28. The molecular weight excluding hydrogens is 286 g/mol. The van der Waals surface area contributed by atoms with Gasteiger partial charge in [-0.3, -0.25) is 9.59 Å². The van der Waals surface area contributed by atoms with E-state index >= 15 is 0 Å². The van der Waals surface area contributed by atoms with Crippen LogP contribution in [0.1, 0.15) is 24.5 Å². The van der Waals surface area contributed by atoms with Gasteiger partial charge in [0, 0.05) is 18.3 Å². The molecule has 23 heavy (non-hydrogen) atoms. The van der Waals surface area contributed by atoms with E-state index in [1.54, 1.807) is 0 Å². The van der Waals surface area contributed by atoms with Gasteiger partial charge in [-0.05, 0) is 24.0 Å². The summed E-state index contributed by atoms with van der Waals surface area (Å²) in [6, 6.07) is 19.6. The maximum absolute atomic E-state index is 12.4. The number of Topliss-reactive ketones (excluding diaryl/α,β-unsaturated/α-hetero) is 1. The minimum atomic E-state index is -0.442. The molecule has 2 unspecified atom stereocenters. The van der Waals surface area contributed by atoms with Crippen LogP contribution >= 0.6 is 0 Å². The SMILES string of the molecule is CC(Cc1ccccc1)C(=O)CC(Cc1ccccc1)C(N)=O. The van der Waals surface area contributed by atoms with Crippen LogP contribution in [0, 0.1) is 11.8 Å². The van der Waals surface area contributed by atoms with Gasteiger partial charge in [-0.1, -0.05) is 67.6 Å². The van der Waals surface area contributed by atoms with Crippen molar-refractivity contribution in [3.63, 3.8) is 0 Å². The summed E-state index contributed by atoms with van der Waals surface area (Å²) < 4.78 is 0. The van der Waals surface area contributed by atoms with E-state index < -0.39 is 11.8 Å². The number of hydrogen-bond acceptors (Lipinski definition) is 2. The molecule has 0 bridgehead atoms. The molecule has 2 atom stereocenters. The van der Waals surface area contributed by atoms with Crippen LogP contribution < -0.4 is 5.73 Å². The second-order valence-corrected chi connectivity index (χ2v) is 6.05. The molecule has 3 heteroatoms. The maximum atomic E-state index is 12.4. The van der Waals surface area contributed by atoms with Crippen molar-refractivity contribution in [1.82, 2.24) is 0 Å². The summed E-state index contributed by atoms with van der Waals surface area (Å²) in [7, 11) is 0. The van der Waals surface area contributed by atoms with E-state index in [0.717, 1.165) is 11.1 Å². The molecule has 2 aromatic rings. The lowest BCUT2D eigenvalue weighted by Crippen LogP contribution is -2.29. The van der Waals surface area contributed by atoms with Gasteiger partial charge >= 0.3 is 0 Å². The highest BCUT2D eigenvalue weighted by Gasteiger charge is 2.23. The van der Waals surface area contributed by atoms with Gasteiger partial charge in [0.25, 0.3) is 0 Å². The number of ketones is 1. The van der Waals surface area contributed by atoms with E-state index in [-0.39, 0.29) is 18.1 Å². The molecule has 0 fully saturated rings. The van der Waals surface area contributed by atoms with E-state index in [0.29, 0.717) is 12.8 Å². The molecule has 0 heterocycles. The number of rotatable bonds is 8. The molecule has 0 aliphatic heterocycles. The quantitative estimate of drug-likeness (QED) is 0.814. The Morgan fingerprint density at radius 2 is 1.35 bits per heavy atom. The summed E-state index contributed by atoms with van der Waals surface area (Å²) in [5.41, 5.74) is 7.65. The monoisotopic (exact) mass is 309 g/mol. The van der Waals surface area contributed by atoms with Crippen LogP contribution in [-0.4, -0.2) is 11.7 Å². The third-order valence-electron chi connectivity index (χ3n) is 4.11. The number of nitrogens with two attached hydrogens (primary N) is 1. The molecule has 0 saturated carbocycles. The van der Waals surface area contributed by atoms with Crippen molar-refractivity contribution in [2.45, 2.75) is 26.2 Å². The maximum Gasteiger partial charge on any atom is 0.221 e. The summed E-state index contributed by atoms with van der Waals surface area (Å²) in [6.07, 6.45) is 1.41. The minimum absolute atomic E-state index is 0.0913. The fourth-order valence-corrected chi connectivity index (χ4v) is 2.70. The second-order valence-electron chi connectivity index (χ2n) is 6.05. The Morgan fingerprint density at radius 3 is 1.83 bits per heavy atom. The Hall–Kier alpha value is -2.42. The predicted molar refractivity (Wildman–Crippen MR) is 91.8 cm³/mol. The van der Waals surface area contributed by atoms with Crippen LogP contribution in [0.2, 0.25) is 0 Å². The number of benzene rings is 2. The third-order valence-corrected chi connectivity index (χ3v) is 4.11. The van der Waals surface area contributed by atoms with E-state index in [9.17, 15) is 9.59 Å². The average molecular weight is 309 g/mol. The van der Waals surface area contributed by atoms with Gasteiger partial charge in [-0.15, -0.1) is 0 Å². The Kier molecular flexibility index (Phi) is 6.10. The summed E-state index contributed by atoms with van der Waals surface area (Å²) in [6.45, 7) is 1.91. The highest BCUT2D eigenvalue weighted by Crippen LogP contribution is 2.17. The fourth-order valence-electron chi connectivity index (χ4n) is 2.70. The van der Waals surface area contributed by atoms with Gasteiger partial charge in [0.05, 0.1) is 0 Å². The molecule has 120 valence electrons. The van der Waals surface area contributed by atoms with Crippen molar-refractivity contribution >= 4 is 11.7 Å². The Balaban J connectivity index is 1.96. The van der Waals surface area contributed by atoms with Crippen molar-refractivity contribution in [3.05, 3.63) is 71.8 Å². The van der Waals surface area contributed by atoms with Gasteiger partial charge in [0.15, 0.2) is 0 Å². The summed E-state index contributed by atoms with van der Waals surface area (Å²) >= 11 is 0. The first-order valence-corrected chi connectivity index (χ1v) is 7.96. The first-order chi connectivity index (χ1) is 11.1. The van der Waals surface area contributed by atoms with Crippen LogP contribution in [0.3, 0.4) is 0 Å². The number of carbonyl (C=O) groups is 2. The molecule has 0 saturated heterocycles. The molecule has 2 N–H and O–H groups in total. The van der Waals surface area contributed by atoms with Crippen LogP contribution in [-0.2, 0) is 22.4 Å². The van der Waals surface area contributed by atoms with Gasteiger partial charge in [-0.2, -0.15) is 0 Å². The van der Waals surface area contributed by atoms with Crippen molar-refractivity contribution in [3.8, 4) is 0 Å². The van der Waals surface area contributed by atoms with E-state index in [2.05, 4.69) is 0 Å². The highest BCUT2D eigenvalue weighted by atomic mass is 16.1. The van der Waals surface area contributed by atoms with Gasteiger partial charge < -0.3 is 5.73 Å². The normalized spacial score (nSPS) is 13.3. The van der Waals surface area contributed by atoms with Crippen molar-refractivity contribution in [2.75, 3.05) is 0 Å². The Bertz CT molecular complexity index is 637. The third kappa shape index (κ3) is 5.37. The first kappa shape index (κ1) is 16.9. The minimum Gasteiger partial charge on any atom is -0.369 e. The zero-order valence-electron chi connectivity index (χ0n) is 13.4. The summed E-state index contributed by atoms with van der Waals surface area (Å²) in [5, 5.41) is 0. The number of amides is 1. The molecule has 0 spiro atoms. The molecule has 2 rings (SSSR count). The van der Waals surface area contributed by atoms with E-state index in [4.69, 9.17) is 5.73 Å². The lowest BCUT2D eigenvalue weighted by molar-refractivity contribution is -0.129. The van der Waals surface area contributed by atoms with Gasteiger partial charge in [0.2, 0.25) is 5.91 Å². The molecule has 1 amide bonds. The Labute approximate surface area is 137 Å². The number of primary amides is 1. The summed E-state index contributed by atoms with van der Waals surface area (Å²) in [5.74, 6) is -0.874. The zero-order chi connectivity index (χ0) is 16.7. The zero-order valence-corrected chi connectivity index (χ0v) is 13.4. The molecule has 2 aromatic carbocycles. The van der Waals surface area contributed by atoms with Gasteiger partial charge in [-0.25, -0.2) is 0 Å². The topological polar surface area (TPSA) is 60.2 Å². The first-order valence-electron chi connectivity index (χ1n) is 7.96. The lowest BCUT2D eigenvalue weighted by atomic mass is 9.87. The highest BCUT2D eigenvalue weighted by molar-refractivity contribution is 5.87. The fraction of sp³-hybridized carbons (Fsp3) is 0.300. The number of hydrogen-bond donors (Lipinski definition) is 1. The number of carbonyl (C=O) groups excluding carboxylic acids is 2. The molecule has 3 nitrogen and oxygen atoms in total. The Morgan fingerprint density at radius 1 is 0.870 bits per heavy atom. The van der Waals surface area contributed by atoms with Crippen molar-refractivity contribution in [2.24, 2.45) is 17.6 Å². The van der Waals surface area contributed by atoms with Crippen molar-refractivity contribution < 1.29 is 9.59 Å². The largest absolute Gasteiger partial charge is 0.369 e. The lowest BCUT2D eigenvalue weighted by Gasteiger charge is -2.16. The predicted octanol–water partition coefficient (Wildman–Crippen LogP) is 3.17. The van der Waals surface area contributed by atoms with E-state index in [1.165, 1.54) is 0 Å². The van der Waals surface area contributed by atoms with Gasteiger partial charge in [0.1, 0.15) is 5.78 Å². The van der Waals surface area contributed by atoms with Crippen LogP contribution in [0.4, 0.5) is 0 Å². The molecule has 0 aliphatic rings. The molecule has 0 aromatic heterocycles. The van der Waals surface area contributed by atoms with Crippen molar-refractivity contribution in [1.29, 1.82) is 0 Å². The van der Waals surface area contributed by atoms with E-state index in [1.807, 2.05) is 67.6 Å². The van der Waals surface area contributed by atoms with Crippen LogP contribution in [0.5, 0.6) is 0 Å². The van der Waals surface area contributed by atoms with Crippen LogP contribution in [0.15, 0.2) is 60.7 Å². The smallest absolute Gasteiger partial charge is 0.221 e. The average Bonchev–Trinajstić information content (AvgIpc) is 2.56. The molecule has 0 aliphatic carbocycles. The summed E-state index contributed by atoms with van der Waals surface area (Å²) in [4.78, 5) is 24.1. The standard InChI is InChI=1S/C20H23NO2/c1-15(12-16-8-4-2-5-9-16)19(22)14-18(20(21)23)13-17-10-6-3-7-11-17/h2-11,15,18H,12-14H2,1H3,(H2,21,23).